The second-order valence-corrected chi connectivity index (χ2v) is 10.9. The Balaban J connectivity index is 1.85. The molecule has 0 aliphatic carbocycles. The fourth-order valence-electron chi connectivity index (χ4n) is 2.83. The van der Waals surface area contributed by atoms with Crippen molar-refractivity contribution in [1.29, 1.82) is 0 Å². The smallest absolute Gasteiger partial charge is 0.262 e. The Morgan fingerprint density at radius 1 is 1.27 bits per heavy atom. The first-order valence-electron chi connectivity index (χ1n) is 8.74. The lowest BCUT2D eigenvalue weighted by Crippen LogP contribution is -2.48. The van der Waals surface area contributed by atoms with Crippen LogP contribution in [0.2, 0.25) is 0 Å². The number of rotatable bonds is 9. The van der Waals surface area contributed by atoms with E-state index in [1.54, 1.807) is 18.2 Å². The molecule has 0 saturated carbocycles. The molecular weight excluding hydrogens is 448 g/mol. The largest absolute Gasteiger partial charge is 0.299 e. The number of amides is 3. The molecule has 30 heavy (non-hydrogen) atoms. The summed E-state index contributed by atoms with van der Waals surface area (Å²) < 4.78 is 23.9. The number of sulfone groups is 1. The summed E-state index contributed by atoms with van der Waals surface area (Å²) in [6.45, 7) is 3.62. The molecule has 0 bridgehead atoms. The van der Waals surface area contributed by atoms with Crippen LogP contribution in [0.3, 0.4) is 0 Å². The molecule has 1 N–H and O–H groups in total. The van der Waals surface area contributed by atoms with E-state index >= 15 is 0 Å². The molecular formula is C18H18N4O5S3. The number of fused-ring (bicyclic) bond motifs is 1. The van der Waals surface area contributed by atoms with Gasteiger partial charge in [0.2, 0.25) is 11.0 Å². The summed E-state index contributed by atoms with van der Waals surface area (Å²) >= 11 is 2.51. The molecule has 1 atom stereocenters. The third kappa shape index (κ3) is 4.94. The molecule has 3 rings (SSSR count). The molecule has 2 heterocycles. The lowest BCUT2D eigenvalue weighted by molar-refractivity contribution is -0.120. The lowest BCUT2D eigenvalue weighted by Gasteiger charge is -2.24. The summed E-state index contributed by atoms with van der Waals surface area (Å²) in [5.41, 5.74) is 0.359. The average molecular weight is 467 g/mol. The Hall–Kier alpha value is -2.57. The van der Waals surface area contributed by atoms with Gasteiger partial charge in [0.15, 0.2) is 4.34 Å². The maximum atomic E-state index is 12.9. The zero-order valence-corrected chi connectivity index (χ0v) is 18.3. The van der Waals surface area contributed by atoms with Gasteiger partial charge in [-0.25, -0.2) is 8.42 Å². The van der Waals surface area contributed by atoms with E-state index in [9.17, 15) is 22.8 Å². The van der Waals surface area contributed by atoms with Crippen LogP contribution in [0.25, 0.3) is 0 Å². The first kappa shape index (κ1) is 22.1. The highest BCUT2D eigenvalue weighted by Crippen LogP contribution is 2.28. The Morgan fingerprint density at radius 3 is 2.47 bits per heavy atom. The number of benzene rings is 1. The lowest BCUT2D eigenvalue weighted by atomic mass is 10.1. The number of nitrogens with zero attached hydrogens (tertiary/aromatic N) is 3. The molecule has 0 spiro atoms. The molecule has 1 aromatic carbocycles. The first-order chi connectivity index (χ1) is 14.2. The highest BCUT2D eigenvalue weighted by atomic mass is 32.2. The van der Waals surface area contributed by atoms with Crippen LogP contribution in [0, 0.1) is 0 Å². The minimum absolute atomic E-state index is 0.179. The van der Waals surface area contributed by atoms with E-state index < -0.39 is 33.6 Å². The molecule has 1 aromatic heterocycles. The van der Waals surface area contributed by atoms with E-state index in [0.29, 0.717) is 10.1 Å². The summed E-state index contributed by atoms with van der Waals surface area (Å²) in [4.78, 5) is 39.3. The molecule has 1 aliphatic heterocycles. The molecule has 0 fully saturated rings. The monoisotopic (exact) mass is 466 g/mol. The Bertz CT molecular complexity index is 1080. The zero-order chi connectivity index (χ0) is 21.9. The number of thioether (sulfide) groups is 1. The number of aromatic nitrogens is 2. The minimum atomic E-state index is -3.43. The maximum Gasteiger partial charge on any atom is 0.262 e. The van der Waals surface area contributed by atoms with Gasteiger partial charge in [0.05, 0.1) is 16.9 Å². The van der Waals surface area contributed by atoms with Gasteiger partial charge in [-0.05, 0) is 18.6 Å². The Morgan fingerprint density at radius 2 is 1.90 bits per heavy atom. The van der Waals surface area contributed by atoms with Gasteiger partial charge in [-0.15, -0.1) is 16.8 Å². The first-order valence-corrected chi connectivity index (χ1v) is 12.6. The van der Waals surface area contributed by atoms with Crippen molar-refractivity contribution in [2.75, 3.05) is 23.1 Å². The van der Waals surface area contributed by atoms with Crippen molar-refractivity contribution in [3.63, 3.8) is 0 Å². The number of hydrogen-bond donors (Lipinski definition) is 1. The Labute approximate surface area is 181 Å². The fourth-order valence-corrected chi connectivity index (χ4v) is 5.00. The van der Waals surface area contributed by atoms with E-state index in [4.69, 9.17) is 0 Å². The fraction of sp³-hybridized carbons (Fsp3) is 0.278. The summed E-state index contributed by atoms with van der Waals surface area (Å²) in [5.74, 6) is -1.72. The topological polar surface area (TPSA) is 126 Å². The molecule has 1 aliphatic rings. The second-order valence-electron chi connectivity index (χ2n) is 6.42. The molecule has 3 amide bonds. The average Bonchev–Trinajstić information content (AvgIpc) is 3.24. The number of hydrogen-bond acceptors (Lipinski definition) is 9. The third-order valence-electron chi connectivity index (χ3n) is 4.16. The maximum absolute atomic E-state index is 12.9. The van der Waals surface area contributed by atoms with Gasteiger partial charge in [0, 0.05) is 12.0 Å². The van der Waals surface area contributed by atoms with Crippen LogP contribution in [0.15, 0.2) is 41.3 Å². The van der Waals surface area contributed by atoms with Crippen LogP contribution in [0.4, 0.5) is 5.13 Å². The number of imide groups is 1. The van der Waals surface area contributed by atoms with Gasteiger partial charge in [-0.3, -0.25) is 24.6 Å². The number of anilines is 1. The summed E-state index contributed by atoms with van der Waals surface area (Å²) in [6.07, 6.45) is 2.50. The van der Waals surface area contributed by atoms with Crippen LogP contribution in [-0.2, 0) is 14.6 Å². The summed E-state index contributed by atoms with van der Waals surface area (Å²) in [5, 5.41) is 10.5. The SMILES string of the molecule is C=CCSc1nnc(NC(=O)C(CCS(C)(=O)=O)N2C(=O)c3ccccc3C2=O)s1. The van der Waals surface area contributed by atoms with E-state index in [-0.39, 0.29) is 28.4 Å². The van der Waals surface area contributed by atoms with Crippen LogP contribution in [0.5, 0.6) is 0 Å². The van der Waals surface area contributed by atoms with E-state index in [1.165, 1.54) is 23.9 Å². The van der Waals surface area contributed by atoms with Gasteiger partial charge < -0.3 is 0 Å². The van der Waals surface area contributed by atoms with Crippen molar-refractivity contribution < 1.29 is 22.8 Å². The van der Waals surface area contributed by atoms with Crippen LogP contribution in [-0.4, -0.2) is 65.0 Å². The quantitative estimate of drug-likeness (QED) is 0.257. The molecule has 2 aromatic rings. The van der Waals surface area contributed by atoms with Crippen molar-refractivity contribution in [2.24, 2.45) is 0 Å². The van der Waals surface area contributed by atoms with E-state index in [1.807, 2.05) is 0 Å². The predicted octanol–water partition coefficient (Wildman–Crippen LogP) is 1.85. The minimum Gasteiger partial charge on any atom is -0.299 e. The van der Waals surface area contributed by atoms with Crippen LogP contribution in [0.1, 0.15) is 27.1 Å². The number of nitrogens with one attached hydrogen (secondary N) is 1. The van der Waals surface area contributed by atoms with Gasteiger partial charge >= 0.3 is 0 Å². The normalized spacial score (nSPS) is 14.5. The summed E-state index contributed by atoms with van der Waals surface area (Å²) in [6, 6.07) is 4.91. The van der Waals surface area contributed by atoms with Gasteiger partial charge in [0.1, 0.15) is 15.9 Å². The van der Waals surface area contributed by atoms with E-state index in [2.05, 4.69) is 22.1 Å². The van der Waals surface area contributed by atoms with Crippen molar-refractivity contribution >= 4 is 55.8 Å². The molecule has 158 valence electrons. The standard InChI is InChI=1S/C18H18N4O5S3/c1-3-9-28-18-21-20-17(29-18)19-14(23)13(8-10-30(2,26)27)22-15(24)11-6-4-5-7-12(11)16(22)25/h3-7,13H,1,8-10H2,2H3,(H,19,20,23). The highest BCUT2D eigenvalue weighted by Gasteiger charge is 2.43. The number of carbonyl (C=O) groups excluding carboxylic acids is 3. The van der Waals surface area contributed by atoms with Crippen molar-refractivity contribution in [1.82, 2.24) is 15.1 Å². The van der Waals surface area contributed by atoms with Gasteiger partial charge in [-0.1, -0.05) is 41.3 Å². The molecule has 9 nitrogen and oxygen atoms in total. The molecule has 0 saturated heterocycles. The molecule has 12 heteroatoms. The highest BCUT2D eigenvalue weighted by molar-refractivity contribution is 8.01. The van der Waals surface area contributed by atoms with Gasteiger partial charge in [-0.2, -0.15) is 0 Å². The van der Waals surface area contributed by atoms with Gasteiger partial charge in [0.25, 0.3) is 11.8 Å². The predicted molar refractivity (Wildman–Crippen MR) is 115 cm³/mol. The van der Waals surface area contributed by atoms with Crippen molar-refractivity contribution in [3.05, 3.63) is 48.0 Å². The Kier molecular flexibility index (Phi) is 6.68. The zero-order valence-electron chi connectivity index (χ0n) is 15.9. The number of carbonyl (C=O) groups is 3. The molecule has 1 unspecified atom stereocenters. The van der Waals surface area contributed by atoms with Crippen molar-refractivity contribution in [3.8, 4) is 0 Å². The third-order valence-corrected chi connectivity index (χ3v) is 7.11. The van der Waals surface area contributed by atoms with Crippen LogP contribution >= 0.6 is 23.1 Å². The summed E-state index contributed by atoms with van der Waals surface area (Å²) in [7, 11) is -3.43. The van der Waals surface area contributed by atoms with Crippen LogP contribution < -0.4 is 5.32 Å². The molecule has 0 radical (unpaired) electrons. The van der Waals surface area contributed by atoms with E-state index in [0.717, 1.165) is 22.5 Å². The van der Waals surface area contributed by atoms with Crippen molar-refractivity contribution in [2.45, 2.75) is 16.8 Å². The second kappa shape index (κ2) is 9.06.